The number of amides is 1. The summed E-state index contributed by atoms with van der Waals surface area (Å²) in [5.74, 6) is -1.55. The maximum absolute atomic E-state index is 12.9. The van der Waals surface area contributed by atoms with Gasteiger partial charge in [-0.05, 0) is 51.3 Å². The van der Waals surface area contributed by atoms with E-state index in [0.717, 1.165) is 87.9 Å². The Hall–Kier alpha value is -3.64. The number of hydrogen-bond acceptors (Lipinski definition) is 9. The Morgan fingerprint density at radius 3 is 2.21 bits per heavy atom. The van der Waals surface area contributed by atoms with Gasteiger partial charge in [-0.25, -0.2) is 19.6 Å². The van der Waals surface area contributed by atoms with Crippen LogP contribution in [0.3, 0.4) is 0 Å². The van der Waals surface area contributed by atoms with E-state index >= 15 is 0 Å². The van der Waals surface area contributed by atoms with E-state index in [1.807, 2.05) is 11.0 Å². The minimum absolute atomic E-state index is 0.0475. The van der Waals surface area contributed by atoms with Crippen LogP contribution in [0.4, 0.5) is 5.95 Å². The molecule has 11 nitrogen and oxygen atoms in total. The van der Waals surface area contributed by atoms with Crippen molar-refractivity contribution in [3.63, 3.8) is 0 Å². The normalized spacial score (nSPS) is 16.0. The molecule has 0 aliphatic carbocycles. The maximum Gasteiger partial charge on any atom is 0.328 e. The number of piperazine rings is 1. The highest BCUT2D eigenvalue weighted by Gasteiger charge is 2.25. The number of anilines is 1. The topological polar surface area (TPSA) is 144 Å². The molecular weight excluding hydrogens is 510 g/mol. The van der Waals surface area contributed by atoms with Crippen molar-refractivity contribution < 1.29 is 29.4 Å². The molecule has 2 aliphatic heterocycles. The van der Waals surface area contributed by atoms with Gasteiger partial charge in [-0.1, -0.05) is 0 Å². The van der Waals surface area contributed by atoms with E-state index in [-0.39, 0.29) is 11.7 Å². The van der Waals surface area contributed by atoms with Gasteiger partial charge in [-0.3, -0.25) is 14.5 Å². The van der Waals surface area contributed by atoms with Gasteiger partial charge in [0.05, 0.1) is 10.4 Å². The minimum atomic E-state index is -1.26. The fourth-order valence-electron chi connectivity index (χ4n) is 4.29. The highest BCUT2D eigenvalue weighted by Crippen LogP contribution is 2.28. The summed E-state index contributed by atoms with van der Waals surface area (Å²) in [5, 5.41) is 15.6. The highest BCUT2D eigenvalue weighted by atomic mass is 32.1. The van der Waals surface area contributed by atoms with Crippen LogP contribution in [0.15, 0.2) is 36.7 Å². The van der Waals surface area contributed by atoms with Crippen molar-refractivity contribution in [1.29, 1.82) is 0 Å². The molecule has 0 atom stereocenters. The van der Waals surface area contributed by atoms with E-state index in [1.54, 1.807) is 25.4 Å². The van der Waals surface area contributed by atoms with Crippen LogP contribution in [0, 0.1) is 0 Å². The van der Waals surface area contributed by atoms with Gasteiger partial charge in [0.1, 0.15) is 0 Å². The number of thiophene rings is 1. The number of fused-ring (bicyclic) bond motifs is 1. The third kappa shape index (κ3) is 8.73. The monoisotopic (exact) mass is 543 g/mol. The first kappa shape index (κ1) is 28.9. The number of unbranched alkanes of at least 4 members (excludes halogenated alkanes) is 1. The lowest BCUT2D eigenvalue weighted by Crippen LogP contribution is -2.47. The molecule has 204 valence electrons. The van der Waals surface area contributed by atoms with Gasteiger partial charge in [0.2, 0.25) is 5.95 Å². The quantitative estimate of drug-likeness (QED) is 0.275. The number of carbonyl (C=O) groups excluding carboxylic acids is 2. The van der Waals surface area contributed by atoms with Crippen molar-refractivity contribution in [2.75, 3.05) is 50.7 Å². The summed E-state index contributed by atoms with van der Waals surface area (Å²) in [7, 11) is 0. The molecule has 38 heavy (non-hydrogen) atoms. The number of nitrogens with zero attached hydrogens (tertiary/aromatic N) is 5. The summed E-state index contributed by atoms with van der Waals surface area (Å²) in [4.78, 5) is 60.9. The lowest BCUT2D eigenvalue weighted by molar-refractivity contribution is -0.134. The average molecular weight is 544 g/mol. The van der Waals surface area contributed by atoms with Crippen molar-refractivity contribution in [3.05, 3.63) is 52.0 Å². The molecule has 1 amide bonds. The van der Waals surface area contributed by atoms with Gasteiger partial charge in [-0.2, -0.15) is 0 Å². The number of aromatic nitrogens is 2. The van der Waals surface area contributed by atoms with Crippen molar-refractivity contribution in [2.45, 2.75) is 32.6 Å². The van der Waals surface area contributed by atoms with Gasteiger partial charge in [-0.15, -0.1) is 11.3 Å². The molecular formula is C26H33N5O6S. The van der Waals surface area contributed by atoms with Crippen molar-refractivity contribution >= 4 is 40.9 Å². The van der Waals surface area contributed by atoms with E-state index < -0.39 is 11.9 Å². The molecule has 0 saturated carbocycles. The van der Waals surface area contributed by atoms with Crippen LogP contribution < -0.4 is 4.90 Å². The standard InChI is InChI=1S/C22H29N5O2S.C4H4O4/c1-17(28)20-16-18-19(30-20)6-4-11-26(21(18)29)10-3-2-9-25-12-14-27(15-13-25)22-23-7-5-8-24-22;5-3(6)1-2-4(7)8/h5,7-8,16H,2-4,6,9-15H2,1H3;1-2H,(H,5,6)(H,7,8)/b;2-1-. The summed E-state index contributed by atoms with van der Waals surface area (Å²) in [6.07, 6.45) is 8.65. The molecule has 4 heterocycles. The van der Waals surface area contributed by atoms with E-state index in [2.05, 4.69) is 19.8 Å². The number of Topliss-reactive ketones (excluding diaryl/α,β-unsaturated/α-hetero) is 1. The summed E-state index contributed by atoms with van der Waals surface area (Å²) in [5.41, 5.74) is 0.752. The Morgan fingerprint density at radius 1 is 0.974 bits per heavy atom. The van der Waals surface area contributed by atoms with Crippen LogP contribution >= 0.6 is 11.3 Å². The van der Waals surface area contributed by atoms with Gasteiger partial charge in [0.25, 0.3) is 5.91 Å². The number of carboxylic acid groups (broad SMARTS) is 2. The van der Waals surface area contributed by atoms with Gasteiger partial charge in [0.15, 0.2) is 5.78 Å². The predicted octanol–water partition coefficient (Wildman–Crippen LogP) is 2.44. The molecule has 4 rings (SSSR count). The number of carboxylic acids is 2. The Bertz CT molecular complexity index is 1130. The molecule has 0 unspecified atom stereocenters. The molecule has 0 radical (unpaired) electrons. The lowest BCUT2D eigenvalue weighted by Gasteiger charge is -2.34. The molecule has 2 aromatic rings. The smallest absolute Gasteiger partial charge is 0.328 e. The Balaban J connectivity index is 0.000000436. The summed E-state index contributed by atoms with van der Waals surface area (Å²) in [6, 6.07) is 3.65. The number of hydrogen-bond donors (Lipinski definition) is 2. The third-order valence-corrected chi connectivity index (χ3v) is 7.53. The fraction of sp³-hybridized carbons (Fsp3) is 0.462. The molecule has 1 fully saturated rings. The van der Waals surface area contributed by atoms with Crippen LogP contribution in [0.25, 0.3) is 0 Å². The van der Waals surface area contributed by atoms with Gasteiger partial charge < -0.3 is 20.0 Å². The van der Waals surface area contributed by atoms with Gasteiger partial charge in [0, 0.05) is 68.7 Å². The molecule has 2 aliphatic rings. The molecule has 0 spiro atoms. The maximum atomic E-state index is 12.9. The van der Waals surface area contributed by atoms with Crippen LogP contribution in [0.2, 0.25) is 0 Å². The van der Waals surface area contributed by atoms with Gasteiger partial charge >= 0.3 is 11.9 Å². The molecule has 12 heteroatoms. The van der Waals surface area contributed by atoms with E-state index in [9.17, 15) is 19.2 Å². The van der Waals surface area contributed by atoms with E-state index in [1.165, 1.54) is 11.3 Å². The first-order valence-electron chi connectivity index (χ1n) is 12.6. The zero-order chi connectivity index (χ0) is 27.5. The second-order valence-electron chi connectivity index (χ2n) is 8.99. The second-order valence-corrected chi connectivity index (χ2v) is 10.1. The highest BCUT2D eigenvalue weighted by molar-refractivity contribution is 7.14. The molecule has 2 aromatic heterocycles. The summed E-state index contributed by atoms with van der Waals surface area (Å²) in [6.45, 7) is 8.18. The third-order valence-electron chi connectivity index (χ3n) is 6.23. The number of ketones is 1. The molecule has 1 saturated heterocycles. The zero-order valence-corrected chi connectivity index (χ0v) is 22.2. The zero-order valence-electron chi connectivity index (χ0n) is 21.4. The number of aliphatic carboxylic acids is 2. The first-order valence-corrected chi connectivity index (χ1v) is 13.4. The predicted molar refractivity (Wildman–Crippen MR) is 143 cm³/mol. The summed E-state index contributed by atoms with van der Waals surface area (Å²) >= 11 is 1.49. The van der Waals surface area contributed by atoms with Crippen molar-refractivity contribution in [3.8, 4) is 0 Å². The SMILES string of the molecule is CC(=O)c1cc2c(s1)CCCN(CCCCN1CCN(c3ncccn3)CC1)C2=O.O=C(O)/C=C\C(=O)O. The largest absolute Gasteiger partial charge is 0.478 e. The molecule has 2 N–H and O–H groups in total. The van der Waals surface area contributed by atoms with Crippen LogP contribution in [0.5, 0.6) is 0 Å². The van der Waals surface area contributed by atoms with Crippen molar-refractivity contribution in [2.24, 2.45) is 0 Å². The van der Waals surface area contributed by atoms with Crippen molar-refractivity contribution in [1.82, 2.24) is 19.8 Å². The molecule has 0 aromatic carbocycles. The van der Waals surface area contributed by atoms with Crippen LogP contribution in [-0.2, 0) is 16.0 Å². The first-order chi connectivity index (χ1) is 18.2. The van der Waals surface area contributed by atoms with Crippen LogP contribution in [-0.4, -0.2) is 99.4 Å². The number of carbonyl (C=O) groups is 4. The Morgan fingerprint density at radius 2 is 1.61 bits per heavy atom. The number of rotatable bonds is 9. The average Bonchev–Trinajstić information content (AvgIpc) is 3.28. The Kier molecular flexibility index (Phi) is 10.9. The summed E-state index contributed by atoms with van der Waals surface area (Å²) < 4.78 is 0. The Labute approximate surface area is 225 Å². The fourth-order valence-corrected chi connectivity index (χ4v) is 5.38. The number of aryl methyl sites for hydroxylation is 1. The van der Waals surface area contributed by atoms with E-state index in [4.69, 9.17) is 10.2 Å². The lowest BCUT2D eigenvalue weighted by atomic mass is 10.2. The minimum Gasteiger partial charge on any atom is -0.478 e. The second kappa shape index (κ2) is 14.3. The van der Waals surface area contributed by atoms with E-state index in [0.29, 0.717) is 17.0 Å². The molecule has 0 bridgehead atoms. The van der Waals surface area contributed by atoms with Crippen LogP contribution in [0.1, 0.15) is 51.1 Å².